The van der Waals surface area contributed by atoms with Gasteiger partial charge in [-0.1, -0.05) is 29.5 Å². The molecule has 3 aliphatic carbocycles. The second-order valence-corrected chi connectivity index (χ2v) is 3.91. The average Bonchev–Trinajstić information content (AvgIpc) is 2.69. The molecule has 0 radical (unpaired) electrons. The Morgan fingerprint density at radius 3 is 3.00 bits per heavy atom. The fraction of sp³-hybridized carbons (Fsp3) is 0.500. The van der Waals surface area contributed by atoms with E-state index >= 15 is 0 Å². The van der Waals surface area contributed by atoms with E-state index in [0.29, 0.717) is 17.8 Å². The standard InChI is InChI=1S/C10H11NO/c12-11-8-5-6-3-1-2-4-7-9(6)10(7)8/h1-4,6-7,9-10,12H,5H2/b11-8-/t6-,7-,9+,10+/m0/s1. The Kier molecular flexibility index (Phi) is 1.08. The van der Waals surface area contributed by atoms with Crippen LogP contribution in [0.25, 0.3) is 0 Å². The van der Waals surface area contributed by atoms with E-state index in [1.54, 1.807) is 0 Å². The Balaban J connectivity index is 2.00. The van der Waals surface area contributed by atoms with Gasteiger partial charge in [-0.05, 0) is 24.2 Å². The molecule has 2 fully saturated rings. The van der Waals surface area contributed by atoms with Gasteiger partial charge in [0.2, 0.25) is 0 Å². The van der Waals surface area contributed by atoms with Crippen molar-refractivity contribution < 1.29 is 5.21 Å². The van der Waals surface area contributed by atoms with E-state index in [1.807, 2.05) is 0 Å². The highest BCUT2D eigenvalue weighted by Crippen LogP contribution is 2.60. The molecule has 0 bridgehead atoms. The van der Waals surface area contributed by atoms with Gasteiger partial charge in [0, 0.05) is 5.92 Å². The summed E-state index contributed by atoms with van der Waals surface area (Å²) in [6.07, 6.45) is 9.71. The summed E-state index contributed by atoms with van der Waals surface area (Å²) >= 11 is 0. The molecule has 12 heavy (non-hydrogen) atoms. The largest absolute Gasteiger partial charge is 0.411 e. The highest BCUT2D eigenvalue weighted by Gasteiger charge is 2.60. The van der Waals surface area contributed by atoms with Crippen LogP contribution in [0.4, 0.5) is 0 Å². The van der Waals surface area contributed by atoms with Crippen LogP contribution in [0.5, 0.6) is 0 Å². The Bertz CT molecular complexity index is 301. The van der Waals surface area contributed by atoms with Crippen LogP contribution in [0, 0.1) is 23.7 Å². The van der Waals surface area contributed by atoms with Crippen LogP contribution in [-0.4, -0.2) is 10.9 Å². The zero-order valence-electron chi connectivity index (χ0n) is 6.72. The monoisotopic (exact) mass is 161 g/mol. The van der Waals surface area contributed by atoms with Crippen molar-refractivity contribution in [2.45, 2.75) is 6.42 Å². The maximum absolute atomic E-state index is 8.75. The summed E-state index contributed by atoms with van der Waals surface area (Å²) in [6, 6.07) is 0. The summed E-state index contributed by atoms with van der Waals surface area (Å²) in [6.45, 7) is 0. The molecule has 0 aliphatic heterocycles. The molecule has 0 amide bonds. The second-order valence-electron chi connectivity index (χ2n) is 3.91. The van der Waals surface area contributed by atoms with Crippen LogP contribution in [-0.2, 0) is 0 Å². The number of nitrogens with zero attached hydrogens (tertiary/aromatic N) is 1. The van der Waals surface area contributed by atoms with Gasteiger partial charge >= 0.3 is 0 Å². The maximum atomic E-state index is 8.75. The van der Waals surface area contributed by atoms with Gasteiger partial charge in [-0.25, -0.2) is 0 Å². The number of oxime groups is 1. The maximum Gasteiger partial charge on any atom is 0.0616 e. The minimum atomic E-state index is 0.571. The molecule has 1 N–H and O–H groups in total. The topological polar surface area (TPSA) is 32.6 Å². The molecule has 4 atom stereocenters. The Morgan fingerprint density at radius 1 is 1.33 bits per heavy atom. The molecule has 3 rings (SSSR count). The molecule has 0 saturated heterocycles. The summed E-state index contributed by atoms with van der Waals surface area (Å²) < 4.78 is 0. The van der Waals surface area contributed by atoms with Gasteiger partial charge in [0.25, 0.3) is 0 Å². The summed E-state index contributed by atoms with van der Waals surface area (Å²) in [5.41, 5.74) is 1.02. The molecule has 0 aromatic heterocycles. The lowest BCUT2D eigenvalue weighted by molar-refractivity contribution is 0.316. The molecule has 0 unspecified atom stereocenters. The zero-order valence-corrected chi connectivity index (χ0v) is 6.72. The number of rotatable bonds is 0. The van der Waals surface area contributed by atoms with Crippen LogP contribution in [0.2, 0.25) is 0 Å². The molecule has 62 valence electrons. The summed E-state index contributed by atoms with van der Waals surface area (Å²) in [4.78, 5) is 0. The first-order valence-electron chi connectivity index (χ1n) is 4.47. The van der Waals surface area contributed by atoms with Crippen molar-refractivity contribution in [2.24, 2.45) is 28.8 Å². The molecule has 3 aliphatic rings. The summed E-state index contributed by atoms with van der Waals surface area (Å²) in [7, 11) is 0. The van der Waals surface area contributed by atoms with Crippen molar-refractivity contribution in [3.8, 4) is 0 Å². The first kappa shape index (κ1) is 6.46. The minimum Gasteiger partial charge on any atom is -0.411 e. The Labute approximate surface area is 71.3 Å². The van der Waals surface area contributed by atoms with Gasteiger partial charge in [0.15, 0.2) is 0 Å². The normalized spacial score (nSPS) is 50.8. The van der Waals surface area contributed by atoms with E-state index in [0.717, 1.165) is 18.1 Å². The summed E-state index contributed by atoms with van der Waals surface area (Å²) in [5.74, 6) is 2.64. The zero-order chi connectivity index (χ0) is 8.13. The van der Waals surface area contributed by atoms with Crippen LogP contribution < -0.4 is 0 Å². The van der Waals surface area contributed by atoms with Gasteiger partial charge < -0.3 is 5.21 Å². The predicted octanol–water partition coefficient (Wildman–Crippen LogP) is 1.82. The first-order valence-corrected chi connectivity index (χ1v) is 4.47. The number of allylic oxidation sites excluding steroid dienone is 4. The van der Waals surface area contributed by atoms with Crippen molar-refractivity contribution in [1.29, 1.82) is 0 Å². The number of hydrogen-bond acceptors (Lipinski definition) is 2. The highest BCUT2D eigenvalue weighted by molar-refractivity contribution is 5.93. The Morgan fingerprint density at radius 2 is 2.17 bits per heavy atom. The predicted molar refractivity (Wildman–Crippen MR) is 46.1 cm³/mol. The van der Waals surface area contributed by atoms with E-state index in [4.69, 9.17) is 5.21 Å². The van der Waals surface area contributed by atoms with Crippen molar-refractivity contribution in [3.63, 3.8) is 0 Å². The van der Waals surface area contributed by atoms with Crippen molar-refractivity contribution in [3.05, 3.63) is 24.3 Å². The number of hydrogen-bond donors (Lipinski definition) is 1. The molecule has 0 aromatic carbocycles. The SMILES string of the molecule is O/N=C1/C[C@@H]2C=CC=C[C@@H]3[C@H]1[C@@H]32. The third kappa shape index (κ3) is 0.631. The van der Waals surface area contributed by atoms with Crippen LogP contribution in [0.3, 0.4) is 0 Å². The van der Waals surface area contributed by atoms with E-state index in [2.05, 4.69) is 29.5 Å². The van der Waals surface area contributed by atoms with Gasteiger partial charge in [-0.15, -0.1) is 0 Å². The fourth-order valence-electron chi connectivity index (χ4n) is 2.82. The fourth-order valence-corrected chi connectivity index (χ4v) is 2.82. The third-order valence-corrected chi connectivity index (χ3v) is 3.39. The molecule has 0 aromatic rings. The van der Waals surface area contributed by atoms with Gasteiger partial charge in [-0.3, -0.25) is 0 Å². The smallest absolute Gasteiger partial charge is 0.0616 e. The lowest BCUT2D eigenvalue weighted by Crippen LogP contribution is -2.03. The highest BCUT2D eigenvalue weighted by atomic mass is 16.4. The van der Waals surface area contributed by atoms with Gasteiger partial charge in [0.1, 0.15) is 0 Å². The lowest BCUT2D eigenvalue weighted by atomic mass is 10.0. The summed E-state index contributed by atoms with van der Waals surface area (Å²) in [5, 5.41) is 12.1. The van der Waals surface area contributed by atoms with Crippen LogP contribution >= 0.6 is 0 Å². The molecule has 0 spiro atoms. The minimum absolute atomic E-state index is 0.571. The van der Waals surface area contributed by atoms with Crippen molar-refractivity contribution >= 4 is 5.71 Å². The lowest BCUT2D eigenvalue weighted by Gasteiger charge is -2.05. The Hall–Kier alpha value is -1.05. The first-order chi connectivity index (χ1) is 5.92. The van der Waals surface area contributed by atoms with Crippen LogP contribution in [0.15, 0.2) is 29.5 Å². The molecule has 2 nitrogen and oxygen atoms in total. The van der Waals surface area contributed by atoms with E-state index in [1.165, 1.54) is 0 Å². The molecule has 0 heterocycles. The molecular weight excluding hydrogens is 150 g/mol. The van der Waals surface area contributed by atoms with E-state index in [9.17, 15) is 0 Å². The molecular formula is C10H11NO. The third-order valence-electron chi connectivity index (χ3n) is 3.39. The van der Waals surface area contributed by atoms with Gasteiger partial charge in [-0.2, -0.15) is 0 Å². The number of fused-ring (bicyclic) bond motifs is 1. The van der Waals surface area contributed by atoms with Crippen molar-refractivity contribution in [2.75, 3.05) is 0 Å². The molecule has 2 saturated carbocycles. The van der Waals surface area contributed by atoms with Crippen LogP contribution in [0.1, 0.15) is 6.42 Å². The van der Waals surface area contributed by atoms with Gasteiger partial charge in [0.05, 0.1) is 5.71 Å². The van der Waals surface area contributed by atoms with Crippen molar-refractivity contribution in [1.82, 2.24) is 0 Å². The molecule has 2 heteroatoms. The quantitative estimate of drug-likeness (QED) is 0.426. The van der Waals surface area contributed by atoms with E-state index in [-0.39, 0.29) is 0 Å². The second kappa shape index (κ2) is 2.00. The van der Waals surface area contributed by atoms with E-state index < -0.39 is 0 Å². The average molecular weight is 161 g/mol.